The van der Waals surface area contributed by atoms with Gasteiger partial charge in [0, 0.05) is 13.3 Å². The average Bonchev–Trinajstić information content (AvgIpc) is 2.42. The fourth-order valence-electron chi connectivity index (χ4n) is 1.47. The normalized spacial score (nSPS) is 10.4. The Morgan fingerprint density at radius 2 is 2.00 bits per heavy atom. The summed E-state index contributed by atoms with van der Waals surface area (Å²) >= 11 is 0. The van der Waals surface area contributed by atoms with Gasteiger partial charge in [-0.25, -0.2) is 0 Å². The molecule has 0 atom stereocenters. The van der Waals surface area contributed by atoms with Crippen molar-refractivity contribution >= 4 is 23.8 Å². The van der Waals surface area contributed by atoms with E-state index in [1.54, 1.807) is 12.1 Å². The van der Waals surface area contributed by atoms with Gasteiger partial charge in [-0.05, 0) is 18.6 Å². The smallest absolute Gasteiger partial charge is 0.244 e. The van der Waals surface area contributed by atoms with E-state index in [4.69, 9.17) is 0 Å². The van der Waals surface area contributed by atoms with Crippen molar-refractivity contribution < 1.29 is 9.59 Å². The van der Waals surface area contributed by atoms with Gasteiger partial charge in [-0.1, -0.05) is 31.5 Å². The molecule has 0 unspecified atom stereocenters. The zero-order valence-corrected chi connectivity index (χ0v) is 11.3. The number of nitrogens with zero attached hydrogens (tertiary/aromatic N) is 2. The Balaban J connectivity index is 2.60. The standard InChI is InChI=1S/C14H19N3O2/c1-3-4-10-14(19)15-11-16-17(12(2)18)13-8-6-5-7-9-13/h5-9,11H,3-4,10H2,1-2H3,(H,15,16,19). The molecule has 19 heavy (non-hydrogen) atoms. The van der Waals surface area contributed by atoms with Crippen molar-refractivity contribution in [1.29, 1.82) is 0 Å². The Labute approximate surface area is 113 Å². The van der Waals surface area contributed by atoms with Gasteiger partial charge in [0.1, 0.15) is 6.34 Å². The van der Waals surface area contributed by atoms with E-state index in [2.05, 4.69) is 10.4 Å². The first kappa shape index (κ1) is 14.9. The van der Waals surface area contributed by atoms with Gasteiger partial charge >= 0.3 is 0 Å². The zero-order valence-electron chi connectivity index (χ0n) is 11.3. The maximum Gasteiger partial charge on any atom is 0.244 e. The quantitative estimate of drug-likeness (QED) is 0.485. The van der Waals surface area contributed by atoms with Crippen LogP contribution in [0.2, 0.25) is 0 Å². The molecule has 1 rings (SSSR count). The van der Waals surface area contributed by atoms with Crippen LogP contribution in [-0.2, 0) is 9.59 Å². The summed E-state index contributed by atoms with van der Waals surface area (Å²) in [6, 6.07) is 9.05. The van der Waals surface area contributed by atoms with Crippen LogP contribution in [0.1, 0.15) is 33.1 Å². The van der Waals surface area contributed by atoms with Crippen LogP contribution in [0.15, 0.2) is 35.4 Å². The highest BCUT2D eigenvalue weighted by Gasteiger charge is 2.08. The molecule has 0 fully saturated rings. The predicted octanol–water partition coefficient (Wildman–Crippen LogP) is 2.29. The third-order valence-corrected chi connectivity index (χ3v) is 2.46. The Bertz CT molecular complexity index is 443. The molecule has 0 aliphatic heterocycles. The number of benzene rings is 1. The number of nitrogens with one attached hydrogen (secondary N) is 1. The summed E-state index contributed by atoms with van der Waals surface area (Å²) in [5.41, 5.74) is 0.661. The Hall–Kier alpha value is -2.17. The summed E-state index contributed by atoms with van der Waals surface area (Å²) in [5.74, 6) is -0.313. The highest BCUT2D eigenvalue weighted by atomic mass is 16.2. The number of hydrazone groups is 1. The maximum absolute atomic E-state index is 11.5. The van der Waals surface area contributed by atoms with Crippen molar-refractivity contribution in [2.75, 3.05) is 5.01 Å². The van der Waals surface area contributed by atoms with Gasteiger partial charge < -0.3 is 5.32 Å². The fourth-order valence-corrected chi connectivity index (χ4v) is 1.47. The highest BCUT2D eigenvalue weighted by molar-refractivity contribution is 5.93. The minimum absolute atomic E-state index is 0.0952. The second kappa shape index (κ2) is 8.02. The number of hydrogen-bond acceptors (Lipinski definition) is 3. The molecule has 5 heteroatoms. The summed E-state index contributed by atoms with van der Waals surface area (Å²) in [4.78, 5) is 22.9. The Morgan fingerprint density at radius 1 is 1.32 bits per heavy atom. The van der Waals surface area contributed by atoms with Gasteiger partial charge in [-0.2, -0.15) is 10.1 Å². The van der Waals surface area contributed by atoms with E-state index in [0.717, 1.165) is 12.8 Å². The molecule has 0 radical (unpaired) electrons. The molecule has 0 bridgehead atoms. The maximum atomic E-state index is 11.5. The third-order valence-electron chi connectivity index (χ3n) is 2.46. The minimum atomic E-state index is -0.217. The van der Waals surface area contributed by atoms with Crippen molar-refractivity contribution in [3.8, 4) is 0 Å². The number of para-hydroxylation sites is 1. The Morgan fingerprint density at radius 3 is 2.58 bits per heavy atom. The van der Waals surface area contributed by atoms with Gasteiger partial charge in [0.2, 0.25) is 11.8 Å². The van der Waals surface area contributed by atoms with Crippen LogP contribution in [-0.4, -0.2) is 18.2 Å². The molecule has 0 saturated carbocycles. The molecule has 2 amide bonds. The van der Waals surface area contributed by atoms with Gasteiger partial charge in [0.15, 0.2) is 0 Å². The van der Waals surface area contributed by atoms with E-state index in [1.165, 1.54) is 18.3 Å². The van der Waals surface area contributed by atoms with Gasteiger partial charge in [0.25, 0.3) is 0 Å². The van der Waals surface area contributed by atoms with Crippen molar-refractivity contribution in [3.05, 3.63) is 30.3 Å². The lowest BCUT2D eigenvalue weighted by atomic mass is 10.2. The lowest BCUT2D eigenvalue weighted by molar-refractivity contribution is -0.120. The SMILES string of the molecule is CCCCC(=O)N/C=N\N(C(C)=O)c1ccccc1. The molecule has 1 N–H and O–H groups in total. The summed E-state index contributed by atoms with van der Waals surface area (Å²) in [6.45, 7) is 3.44. The van der Waals surface area contributed by atoms with Gasteiger partial charge in [-0.15, -0.1) is 0 Å². The van der Waals surface area contributed by atoms with Crippen LogP contribution in [0.5, 0.6) is 0 Å². The number of rotatable bonds is 6. The predicted molar refractivity (Wildman–Crippen MR) is 75.8 cm³/mol. The first-order valence-electron chi connectivity index (χ1n) is 6.32. The van der Waals surface area contributed by atoms with Gasteiger partial charge in [0.05, 0.1) is 5.69 Å². The van der Waals surface area contributed by atoms with Crippen LogP contribution in [0.4, 0.5) is 5.69 Å². The van der Waals surface area contributed by atoms with E-state index in [-0.39, 0.29) is 11.8 Å². The van der Waals surface area contributed by atoms with E-state index in [0.29, 0.717) is 12.1 Å². The van der Waals surface area contributed by atoms with E-state index >= 15 is 0 Å². The van der Waals surface area contributed by atoms with Crippen molar-refractivity contribution in [2.24, 2.45) is 5.10 Å². The molecule has 0 spiro atoms. The molecule has 102 valence electrons. The number of unbranched alkanes of at least 4 members (excludes halogenated alkanes) is 1. The van der Waals surface area contributed by atoms with Crippen molar-refractivity contribution in [1.82, 2.24) is 5.32 Å². The van der Waals surface area contributed by atoms with E-state index in [1.807, 2.05) is 25.1 Å². The first-order chi connectivity index (χ1) is 9.15. The van der Waals surface area contributed by atoms with E-state index < -0.39 is 0 Å². The number of carbonyl (C=O) groups excluding carboxylic acids is 2. The molecular formula is C14H19N3O2. The summed E-state index contributed by atoms with van der Waals surface area (Å²) in [6.07, 6.45) is 3.53. The average molecular weight is 261 g/mol. The number of anilines is 1. The summed E-state index contributed by atoms with van der Waals surface area (Å²) < 4.78 is 0. The number of hydrogen-bond donors (Lipinski definition) is 1. The lowest BCUT2D eigenvalue weighted by Gasteiger charge is -2.14. The lowest BCUT2D eigenvalue weighted by Crippen LogP contribution is -2.27. The highest BCUT2D eigenvalue weighted by Crippen LogP contribution is 2.13. The van der Waals surface area contributed by atoms with E-state index in [9.17, 15) is 9.59 Å². The Kier molecular flexibility index (Phi) is 6.29. The van der Waals surface area contributed by atoms with Crippen molar-refractivity contribution in [3.63, 3.8) is 0 Å². The molecule has 1 aromatic rings. The first-order valence-corrected chi connectivity index (χ1v) is 6.32. The second-order valence-corrected chi connectivity index (χ2v) is 4.08. The molecule has 1 aromatic carbocycles. The second-order valence-electron chi connectivity index (χ2n) is 4.08. The molecule has 5 nitrogen and oxygen atoms in total. The number of amides is 2. The largest absolute Gasteiger partial charge is 0.315 e. The molecule has 0 aliphatic rings. The molecule has 0 aromatic heterocycles. The monoisotopic (exact) mass is 261 g/mol. The summed E-state index contributed by atoms with van der Waals surface area (Å²) in [5, 5.41) is 7.75. The van der Waals surface area contributed by atoms with Crippen LogP contribution in [0.25, 0.3) is 0 Å². The minimum Gasteiger partial charge on any atom is -0.315 e. The summed E-state index contributed by atoms with van der Waals surface area (Å²) in [7, 11) is 0. The van der Waals surface area contributed by atoms with Crippen LogP contribution >= 0.6 is 0 Å². The molecule has 0 saturated heterocycles. The topological polar surface area (TPSA) is 61.8 Å². The van der Waals surface area contributed by atoms with Crippen LogP contribution < -0.4 is 10.3 Å². The van der Waals surface area contributed by atoms with Crippen LogP contribution in [0.3, 0.4) is 0 Å². The fraction of sp³-hybridized carbons (Fsp3) is 0.357. The third kappa shape index (κ3) is 5.33. The molecule has 0 heterocycles. The number of carbonyl (C=O) groups is 2. The zero-order chi connectivity index (χ0) is 14.1. The molecule has 0 aliphatic carbocycles. The van der Waals surface area contributed by atoms with Gasteiger partial charge in [-0.3, -0.25) is 9.59 Å². The molecular weight excluding hydrogens is 242 g/mol. The van der Waals surface area contributed by atoms with Crippen LogP contribution in [0, 0.1) is 0 Å². The van der Waals surface area contributed by atoms with Crippen molar-refractivity contribution in [2.45, 2.75) is 33.1 Å².